The summed E-state index contributed by atoms with van der Waals surface area (Å²) >= 11 is 0. The van der Waals surface area contributed by atoms with E-state index in [4.69, 9.17) is 0 Å². The van der Waals surface area contributed by atoms with Crippen molar-refractivity contribution in [3.05, 3.63) is 113 Å². The number of rotatable bonds is 8. The molecule has 1 fully saturated rings. The molecule has 1 amide bonds. The summed E-state index contributed by atoms with van der Waals surface area (Å²) in [6.07, 6.45) is 1.80. The fraction of sp³-hybridized carbons (Fsp3) is 0.172. The van der Waals surface area contributed by atoms with E-state index in [1.54, 1.807) is 41.3 Å². The van der Waals surface area contributed by atoms with E-state index < -0.39 is 16.1 Å². The predicted molar refractivity (Wildman–Crippen MR) is 153 cm³/mol. The SMILES string of the molecule is C=Cc1ccc(N2CCN(C(=O)C(NNS(=O)(=O)c3ccc4[nH]c(=O)ccc4c3)c3ccccc3)CC2)cc1. The highest BCUT2D eigenvalue weighted by Crippen LogP contribution is 2.22. The van der Waals surface area contributed by atoms with Crippen LogP contribution in [-0.4, -0.2) is 50.4 Å². The maximum Gasteiger partial charge on any atom is 0.253 e. The Bertz CT molecular complexity index is 1640. The Balaban J connectivity index is 1.30. The third-order valence-corrected chi connectivity index (χ3v) is 8.07. The topological polar surface area (TPSA) is 115 Å². The number of aromatic amines is 1. The average molecular weight is 544 g/mol. The van der Waals surface area contributed by atoms with Gasteiger partial charge in [-0.3, -0.25) is 9.59 Å². The second-order valence-corrected chi connectivity index (χ2v) is 11.0. The van der Waals surface area contributed by atoms with Crippen LogP contribution < -0.4 is 20.7 Å². The molecule has 1 unspecified atom stereocenters. The lowest BCUT2D eigenvalue weighted by molar-refractivity contribution is -0.134. The molecule has 39 heavy (non-hydrogen) atoms. The normalized spacial score (nSPS) is 14.8. The van der Waals surface area contributed by atoms with Crippen LogP contribution in [0.25, 0.3) is 17.0 Å². The Hall–Kier alpha value is -4.25. The maximum atomic E-state index is 13.7. The van der Waals surface area contributed by atoms with Gasteiger partial charge in [0.2, 0.25) is 11.5 Å². The lowest BCUT2D eigenvalue weighted by Crippen LogP contribution is -2.53. The third kappa shape index (κ3) is 5.93. The number of nitrogens with one attached hydrogen (secondary N) is 3. The van der Waals surface area contributed by atoms with Crippen LogP contribution in [0.4, 0.5) is 5.69 Å². The van der Waals surface area contributed by atoms with E-state index in [1.165, 1.54) is 24.3 Å². The van der Waals surface area contributed by atoms with Gasteiger partial charge in [0.05, 0.1) is 4.90 Å². The predicted octanol–water partition coefficient (Wildman–Crippen LogP) is 3.04. The Labute approximate surface area is 226 Å². The van der Waals surface area contributed by atoms with Gasteiger partial charge in [0.25, 0.3) is 10.0 Å². The number of hydrogen-bond donors (Lipinski definition) is 3. The van der Waals surface area contributed by atoms with Gasteiger partial charge in [-0.2, -0.15) is 0 Å². The van der Waals surface area contributed by atoms with Gasteiger partial charge in [-0.25, -0.2) is 13.8 Å². The van der Waals surface area contributed by atoms with E-state index in [1.807, 2.05) is 30.3 Å². The Morgan fingerprint density at radius 3 is 2.33 bits per heavy atom. The van der Waals surface area contributed by atoms with Crippen molar-refractivity contribution >= 4 is 38.6 Å². The van der Waals surface area contributed by atoms with Crippen molar-refractivity contribution in [3.63, 3.8) is 0 Å². The second kappa shape index (κ2) is 11.2. The molecule has 1 aliphatic heterocycles. The number of hydrogen-bond acceptors (Lipinski definition) is 6. The highest BCUT2D eigenvalue weighted by atomic mass is 32.2. The molecule has 10 heteroatoms. The standard InChI is InChI=1S/C29H29N5O4S/c1-2-21-8-11-24(12-9-21)33-16-18-34(19-17-33)29(36)28(22-6-4-3-5-7-22)31-32-39(37,38)25-13-14-26-23(20-25)10-15-27(35)30-26/h2-15,20,28,31-32H,1,16-19H2,(H,30,35). The van der Waals surface area contributed by atoms with Gasteiger partial charge in [0.15, 0.2) is 0 Å². The molecule has 0 aliphatic carbocycles. The lowest BCUT2D eigenvalue weighted by atomic mass is 10.1. The third-order valence-electron chi connectivity index (χ3n) is 6.81. The molecule has 0 saturated carbocycles. The summed E-state index contributed by atoms with van der Waals surface area (Å²) in [4.78, 5) is 34.2. The number of H-pyrrole nitrogens is 1. The van der Waals surface area contributed by atoms with Gasteiger partial charge in [0, 0.05) is 43.4 Å². The van der Waals surface area contributed by atoms with Crippen molar-refractivity contribution in [1.82, 2.24) is 20.1 Å². The number of nitrogens with zero attached hydrogens (tertiary/aromatic N) is 2. The minimum absolute atomic E-state index is 0.00453. The first kappa shape index (κ1) is 26.4. The molecule has 1 aromatic heterocycles. The molecule has 0 spiro atoms. The summed E-state index contributed by atoms with van der Waals surface area (Å²) in [6, 6.07) is 23.5. The van der Waals surface area contributed by atoms with E-state index >= 15 is 0 Å². The highest BCUT2D eigenvalue weighted by Gasteiger charge is 2.30. The summed E-state index contributed by atoms with van der Waals surface area (Å²) in [5, 5.41) is 0.574. The zero-order valence-electron chi connectivity index (χ0n) is 21.2. The van der Waals surface area contributed by atoms with Crippen molar-refractivity contribution < 1.29 is 13.2 Å². The average Bonchev–Trinajstić information content (AvgIpc) is 2.97. The first-order valence-corrected chi connectivity index (χ1v) is 14.0. The van der Waals surface area contributed by atoms with E-state index in [0.29, 0.717) is 42.6 Å². The second-order valence-electron chi connectivity index (χ2n) is 9.27. The van der Waals surface area contributed by atoms with Crippen LogP contribution in [0.15, 0.2) is 101 Å². The van der Waals surface area contributed by atoms with Crippen molar-refractivity contribution in [2.24, 2.45) is 0 Å². The number of piperazine rings is 1. The number of benzene rings is 3. The molecule has 5 rings (SSSR count). The van der Waals surface area contributed by atoms with Crippen molar-refractivity contribution in [1.29, 1.82) is 0 Å². The molecule has 4 aromatic rings. The molecular formula is C29H29N5O4S. The fourth-order valence-electron chi connectivity index (χ4n) is 4.62. The summed E-state index contributed by atoms with van der Waals surface area (Å²) in [7, 11) is -4.02. The highest BCUT2D eigenvalue weighted by molar-refractivity contribution is 7.89. The molecule has 1 aliphatic rings. The first-order chi connectivity index (χ1) is 18.8. The van der Waals surface area contributed by atoms with Gasteiger partial charge in [0.1, 0.15) is 6.04 Å². The summed E-state index contributed by atoms with van der Waals surface area (Å²) in [6.45, 7) is 6.11. The van der Waals surface area contributed by atoms with Crippen LogP contribution in [0.3, 0.4) is 0 Å². The number of carbonyl (C=O) groups excluding carboxylic acids is 1. The van der Waals surface area contributed by atoms with Gasteiger partial charge in [-0.05, 0) is 52.9 Å². The smallest absolute Gasteiger partial charge is 0.253 e. The molecule has 1 saturated heterocycles. The summed E-state index contributed by atoms with van der Waals surface area (Å²) in [5.41, 5.74) is 5.81. The molecule has 3 aromatic carbocycles. The Kier molecular flexibility index (Phi) is 7.60. The maximum absolute atomic E-state index is 13.7. The Morgan fingerprint density at radius 2 is 1.64 bits per heavy atom. The fourth-order valence-corrected chi connectivity index (χ4v) is 5.54. The van der Waals surface area contributed by atoms with Crippen molar-refractivity contribution in [3.8, 4) is 0 Å². The van der Waals surface area contributed by atoms with Gasteiger partial charge in [-0.15, -0.1) is 4.83 Å². The molecule has 0 bridgehead atoms. The molecule has 1 atom stereocenters. The molecule has 0 radical (unpaired) electrons. The van der Waals surface area contributed by atoms with Crippen LogP contribution in [-0.2, 0) is 14.8 Å². The first-order valence-electron chi connectivity index (χ1n) is 12.6. The lowest BCUT2D eigenvalue weighted by Gasteiger charge is -2.37. The van der Waals surface area contributed by atoms with E-state index in [9.17, 15) is 18.0 Å². The van der Waals surface area contributed by atoms with Crippen LogP contribution in [0.2, 0.25) is 0 Å². The van der Waals surface area contributed by atoms with Crippen LogP contribution in [0, 0.1) is 0 Å². The molecule has 200 valence electrons. The van der Waals surface area contributed by atoms with Gasteiger partial charge in [-0.1, -0.05) is 55.1 Å². The molecule has 3 N–H and O–H groups in total. The number of amides is 1. The summed E-state index contributed by atoms with van der Waals surface area (Å²) in [5.74, 6) is -0.221. The van der Waals surface area contributed by atoms with Gasteiger partial charge < -0.3 is 14.8 Å². The molecular weight excluding hydrogens is 514 g/mol. The Morgan fingerprint density at radius 1 is 0.923 bits per heavy atom. The molecule has 9 nitrogen and oxygen atoms in total. The number of pyridine rings is 1. The number of sulfonamides is 1. The zero-order valence-corrected chi connectivity index (χ0v) is 22.0. The van der Waals surface area contributed by atoms with Crippen LogP contribution >= 0.6 is 0 Å². The number of fused-ring (bicyclic) bond motifs is 1. The summed E-state index contributed by atoms with van der Waals surface area (Å²) < 4.78 is 26.3. The van der Waals surface area contributed by atoms with Gasteiger partial charge >= 0.3 is 0 Å². The number of anilines is 1. The minimum atomic E-state index is -4.02. The quantitative estimate of drug-likeness (QED) is 0.295. The zero-order chi connectivity index (χ0) is 27.4. The van der Waals surface area contributed by atoms with Crippen LogP contribution in [0.1, 0.15) is 17.2 Å². The largest absolute Gasteiger partial charge is 0.368 e. The minimum Gasteiger partial charge on any atom is -0.368 e. The van der Waals surface area contributed by atoms with E-state index in [0.717, 1.165) is 11.3 Å². The van der Waals surface area contributed by atoms with Crippen molar-refractivity contribution in [2.45, 2.75) is 10.9 Å². The molecule has 2 heterocycles. The van der Waals surface area contributed by atoms with E-state index in [-0.39, 0.29) is 16.4 Å². The monoisotopic (exact) mass is 543 g/mol. The van der Waals surface area contributed by atoms with Crippen LogP contribution in [0.5, 0.6) is 0 Å². The number of carbonyl (C=O) groups is 1. The number of aromatic nitrogens is 1. The van der Waals surface area contributed by atoms with E-state index in [2.05, 4.69) is 26.7 Å². The van der Waals surface area contributed by atoms with Crippen molar-refractivity contribution in [2.75, 3.05) is 31.1 Å². The number of hydrazine groups is 1.